The summed E-state index contributed by atoms with van der Waals surface area (Å²) in [5.74, 6) is 0.273. The van der Waals surface area contributed by atoms with E-state index in [-0.39, 0.29) is 23.9 Å². The van der Waals surface area contributed by atoms with E-state index < -0.39 is 0 Å². The summed E-state index contributed by atoms with van der Waals surface area (Å²) in [6, 6.07) is 8.26. The zero-order valence-corrected chi connectivity index (χ0v) is 18.9. The van der Waals surface area contributed by atoms with Gasteiger partial charge in [-0.1, -0.05) is 23.7 Å². The lowest BCUT2D eigenvalue weighted by Crippen LogP contribution is -2.52. The van der Waals surface area contributed by atoms with E-state index in [1.165, 1.54) is 5.56 Å². The number of likely N-dealkylation sites (tertiary alicyclic amines) is 2. The lowest BCUT2D eigenvalue weighted by molar-refractivity contribution is -0.141. The second kappa shape index (κ2) is 10.7. The molecule has 0 radical (unpaired) electrons. The zero-order valence-electron chi connectivity index (χ0n) is 18.1. The minimum Gasteiger partial charge on any atom is -0.378 e. The maximum Gasteiger partial charge on any atom is 0.317 e. The van der Waals surface area contributed by atoms with Crippen LogP contribution in [0.25, 0.3) is 0 Å². The van der Waals surface area contributed by atoms with Crippen LogP contribution in [-0.2, 0) is 16.1 Å². The molecule has 3 aliphatic rings. The Balaban J connectivity index is 1.16. The molecule has 7 nitrogen and oxygen atoms in total. The molecule has 0 bridgehead atoms. The van der Waals surface area contributed by atoms with Crippen molar-refractivity contribution in [3.63, 3.8) is 0 Å². The minimum absolute atomic E-state index is 0.0217. The SMILES string of the molecule is O=C(NC1CCN(Cc2ccc(Cl)cc2)CC1)N1CCC(C(=O)N2CCOCC2)CC1. The highest BCUT2D eigenvalue weighted by molar-refractivity contribution is 6.30. The lowest BCUT2D eigenvalue weighted by Gasteiger charge is -2.37. The van der Waals surface area contributed by atoms with Gasteiger partial charge in [0.25, 0.3) is 0 Å². The van der Waals surface area contributed by atoms with Crippen molar-refractivity contribution in [1.82, 2.24) is 20.0 Å². The van der Waals surface area contributed by atoms with E-state index in [9.17, 15) is 9.59 Å². The normalized spacial score (nSPS) is 21.8. The van der Waals surface area contributed by atoms with Crippen molar-refractivity contribution in [2.24, 2.45) is 5.92 Å². The second-order valence-corrected chi connectivity index (χ2v) is 9.26. The maximum absolute atomic E-state index is 12.7. The van der Waals surface area contributed by atoms with Crippen LogP contribution in [0.15, 0.2) is 24.3 Å². The Bertz CT molecular complexity index is 738. The quantitative estimate of drug-likeness (QED) is 0.768. The monoisotopic (exact) mass is 448 g/mol. The van der Waals surface area contributed by atoms with E-state index in [1.54, 1.807) is 0 Å². The topological polar surface area (TPSA) is 65.1 Å². The molecule has 1 aromatic rings. The van der Waals surface area contributed by atoms with Crippen molar-refractivity contribution in [2.75, 3.05) is 52.5 Å². The fourth-order valence-electron chi connectivity index (χ4n) is 4.72. The third-order valence-corrected chi connectivity index (χ3v) is 6.94. The Hall–Kier alpha value is -1.83. The second-order valence-electron chi connectivity index (χ2n) is 8.83. The number of nitrogens with one attached hydrogen (secondary N) is 1. The number of amides is 3. The lowest BCUT2D eigenvalue weighted by atomic mass is 9.95. The molecule has 0 unspecified atom stereocenters. The number of carbonyl (C=O) groups is 2. The summed E-state index contributed by atoms with van der Waals surface area (Å²) in [5.41, 5.74) is 1.27. The number of morpholine rings is 1. The number of piperidine rings is 2. The molecular formula is C23H33ClN4O3. The van der Waals surface area contributed by atoms with E-state index in [0.29, 0.717) is 39.4 Å². The fraction of sp³-hybridized carbons (Fsp3) is 0.652. The molecule has 4 rings (SSSR count). The molecule has 0 aromatic heterocycles. The molecule has 0 aliphatic carbocycles. The van der Waals surface area contributed by atoms with Gasteiger partial charge in [0, 0.05) is 62.8 Å². The van der Waals surface area contributed by atoms with E-state index in [2.05, 4.69) is 22.3 Å². The summed E-state index contributed by atoms with van der Waals surface area (Å²) in [6.45, 7) is 6.82. The summed E-state index contributed by atoms with van der Waals surface area (Å²) in [5, 5.41) is 3.98. The number of halogens is 1. The van der Waals surface area contributed by atoms with Crippen LogP contribution in [0.2, 0.25) is 5.02 Å². The average molecular weight is 449 g/mol. The molecule has 0 saturated carbocycles. The third-order valence-electron chi connectivity index (χ3n) is 6.69. The number of ether oxygens (including phenoxy) is 1. The Morgan fingerprint density at radius 1 is 0.903 bits per heavy atom. The summed E-state index contributed by atoms with van der Waals surface area (Å²) >= 11 is 5.96. The molecule has 1 aromatic carbocycles. The van der Waals surface area contributed by atoms with Gasteiger partial charge in [0.2, 0.25) is 5.91 Å². The standard InChI is InChI=1S/C23H33ClN4O3/c24-20-3-1-18(2-4-20)17-26-9-7-21(8-10-26)25-23(30)28-11-5-19(6-12-28)22(29)27-13-15-31-16-14-27/h1-4,19,21H,5-17H2,(H,25,30). The zero-order chi connectivity index (χ0) is 21.6. The predicted molar refractivity (Wildman–Crippen MR) is 120 cm³/mol. The summed E-state index contributed by atoms with van der Waals surface area (Å²) in [6.07, 6.45) is 3.43. The average Bonchev–Trinajstić information content (AvgIpc) is 2.82. The minimum atomic E-state index is 0.0217. The van der Waals surface area contributed by atoms with Gasteiger partial charge in [-0.25, -0.2) is 4.79 Å². The van der Waals surface area contributed by atoms with Gasteiger partial charge in [0.1, 0.15) is 0 Å². The molecule has 1 N–H and O–H groups in total. The van der Waals surface area contributed by atoms with Crippen LogP contribution >= 0.6 is 11.6 Å². The van der Waals surface area contributed by atoms with Crippen LogP contribution in [0, 0.1) is 5.92 Å². The first-order valence-corrected chi connectivity index (χ1v) is 11.8. The molecule has 170 valence electrons. The van der Waals surface area contributed by atoms with Crippen molar-refractivity contribution in [1.29, 1.82) is 0 Å². The number of carbonyl (C=O) groups excluding carboxylic acids is 2. The highest BCUT2D eigenvalue weighted by Gasteiger charge is 2.31. The van der Waals surface area contributed by atoms with Gasteiger partial charge in [-0.15, -0.1) is 0 Å². The molecule has 0 atom stereocenters. The van der Waals surface area contributed by atoms with Gasteiger partial charge >= 0.3 is 6.03 Å². The number of urea groups is 1. The molecule has 3 amide bonds. The first-order valence-electron chi connectivity index (χ1n) is 11.5. The van der Waals surface area contributed by atoms with Crippen molar-refractivity contribution in [3.05, 3.63) is 34.9 Å². The molecular weight excluding hydrogens is 416 g/mol. The van der Waals surface area contributed by atoms with Gasteiger partial charge in [0.15, 0.2) is 0 Å². The Morgan fingerprint density at radius 3 is 2.19 bits per heavy atom. The Morgan fingerprint density at radius 2 is 1.55 bits per heavy atom. The number of hydrogen-bond acceptors (Lipinski definition) is 4. The van der Waals surface area contributed by atoms with Crippen LogP contribution in [-0.4, -0.2) is 85.2 Å². The molecule has 0 spiro atoms. The molecule has 3 saturated heterocycles. The van der Waals surface area contributed by atoms with Crippen LogP contribution in [0.3, 0.4) is 0 Å². The van der Waals surface area contributed by atoms with E-state index in [4.69, 9.17) is 16.3 Å². The van der Waals surface area contributed by atoms with Gasteiger partial charge in [-0.05, 0) is 43.4 Å². The first-order chi connectivity index (χ1) is 15.1. The highest BCUT2D eigenvalue weighted by Crippen LogP contribution is 2.21. The van der Waals surface area contributed by atoms with E-state index in [1.807, 2.05) is 21.9 Å². The van der Waals surface area contributed by atoms with Crippen molar-refractivity contribution < 1.29 is 14.3 Å². The van der Waals surface area contributed by atoms with Crippen molar-refractivity contribution in [3.8, 4) is 0 Å². The third kappa shape index (κ3) is 6.11. The maximum atomic E-state index is 12.7. The van der Waals surface area contributed by atoms with Crippen LogP contribution in [0.4, 0.5) is 4.79 Å². The van der Waals surface area contributed by atoms with E-state index in [0.717, 1.165) is 50.3 Å². The molecule has 31 heavy (non-hydrogen) atoms. The van der Waals surface area contributed by atoms with E-state index >= 15 is 0 Å². The summed E-state index contributed by atoms with van der Waals surface area (Å²) in [4.78, 5) is 31.6. The van der Waals surface area contributed by atoms with Crippen molar-refractivity contribution >= 4 is 23.5 Å². The predicted octanol–water partition coefficient (Wildman–Crippen LogP) is 2.58. The summed E-state index contributed by atoms with van der Waals surface area (Å²) < 4.78 is 5.34. The summed E-state index contributed by atoms with van der Waals surface area (Å²) in [7, 11) is 0. The van der Waals surface area contributed by atoms with Crippen LogP contribution in [0.1, 0.15) is 31.2 Å². The van der Waals surface area contributed by atoms with Gasteiger partial charge < -0.3 is 19.9 Å². The first kappa shape index (κ1) is 22.4. The number of nitrogens with zero attached hydrogens (tertiary/aromatic N) is 3. The number of benzene rings is 1. The Labute approximate surface area is 189 Å². The Kier molecular flexibility index (Phi) is 7.69. The molecule has 8 heteroatoms. The smallest absolute Gasteiger partial charge is 0.317 e. The van der Waals surface area contributed by atoms with Crippen molar-refractivity contribution in [2.45, 2.75) is 38.3 Å². The largest absolute Gasteiger partial charge is 0.378 e. The fourth-order valence-corrected chi connectivity index (χ4v) is 4.85. The highest BCUT2D eigenvalue weighted by atomic mass is 35.5. The number of rotatable bonds is 4. The van der Waals surface area contributed by atoms with Crippen LogP contribution in [0.5, 0.6) is 0 Å². The molecule has 3 fully saturated rings. The van der Waals surface area contributed by atoms with Gasteiger partial charge in [-0.2, -0.15) is 0 Å². The molecule has 3 aliphatic heterocycles. The van der Waals surface area contributed by atoms with Gasteiger partial charge in [0.05, 0.1) is 13.2 Å². The number of hydrogen-bond donors (Lipinski definition) is 1. The van der Waals surface area contributed by atoms with Gasteiger partial charge in [-0.3, -0.25) is 9.69 Å². The molecule has 3 heterocycles. The van der Waals surface area contributed by atoms with Crippen LogP contribution < -0.4 is 5.32 Å².